The first-order valence-electron chi connectivity index (χ1n) is 11.3. The average molecular weight is 836 g/mol. The SMILES string of the molecule is CN(c1ccccc1)[P+](N(C)c1ccccc1)(N(C)c1ccccc1)N(C)c1ccccc1.II.[I-]. The minimum absolute atomic E-state index is 0. The smallest absolute Gasteiger partial charge is 0.404 e. The van der Waals surface area contributed by atoms with E-state index in [0.29, 0.717) is 0 Å². The van der Waals surface area contributed by atoms with E-state index in [1.165, 1.54) is 22.7 Å². The third kappa shape index (κ3) is 6.57. The molecule has 0 aromatic heterocycles. The molecular formula is C28H32I3N4P. The fourth-order valence-electron chi connectivity index (χ4n) is 4.40. The van der Waals surface area contributed by atoms with Gasteiger partial charge in [0.15, 0.2) is 0 Å². The van der Waals surface area contributed by atoms with Crippen LogP contribution in [0.5, 0.6) is 0 Å². The predicted molar refractivity (Wildman–Crippen MR) is 174 cm³/mol. The Balaban J connectivity index is 0.00000148. The average Bonchev–Trinajstić information content (AvgIpc) is 2.96. The van der Waals surface area contributed by atoms with Crippen LogP contribution in [0.4, 0.5) is 22.7 Å². The molecule has 0 unspecified atom stereocenters. The van der Waals surface area contributed by atoms with Gasteiger partial charge in [-0.1, -0.05) is 72.8 Å². The van der Waals surface area contributed by atoms with Gasteiger partial charge in [-0.2, -0.15) is 18.7 Å². The van der Waals surface area contributed by atoms with Crippen LogP contribution in [-0.2, 0) is 0 Å². The molecule has 0 radical (unpaired) electrons. The molecule has 4 aromatic carbocycles. The highest BCUT2D eigenvalue weighted by molar-refractivity contribution is 15.0. The third-order valence-electron chi connectivity index (χ3n) is 6.13. The van der Waals surface area contributed by atoms with E-state index in [2.05, 4.69) is 205 Å². The van der Waals surface area contributed by atoms with Crippen LogP contribution in [-0.4, -0.2) is 28.2 Å². The molecule has 0 aliphatic heterocycles. The standard InChI is InChI=1S/C28H32N4P.I2.HI/c1-29(25-17-9-5-10-18-25)33(30(2)26-19-11-6-12-20-26,31(3)27-21-13-7-14-22-27)32(4)28-23-15-8-16-24-28;1-2;/h5-24H,1-4H3;;1H/q+1;;/p-1. The molecule has 0 atom stereocenters. The summed E-state index contributed by atoms with van der Waals surface area (Å²) in [6.45, 7) is 0. The van der Waals surface area contributed by atoms with Crippen molar-refractivity contribution in [1.82, 2.24) is 0 Å². The van der Waals surface area contributed by atoms with Gasteiger partial charge in [-0.05, 0) is 48.5 Å². The first-order valence-corrected chi connectivity index (χ1v) is 19.2. The Labute approximate surface area is 257 Å². The molecule has 0 fully saturated rings. The van der Waals surface area contributed by atoms with E-state index in [1.54, 1.807) is 0 Å². The summed E-state index contributed by atoms with van der Waals surface area (Å²) in [4.78, 5) is 0. The molecule has 0 saturated heterocycles. The zero-order valence-corrected chi connectivity index (χ0v) is 28.3. The summed E-state index contributed by atoms with van der Waals surface area (Å²) in [7, 11) is 6.42. The van der Waals surface area contributed by atoms with Crippen molar-refractivity contribution in [3.05, 3.63) is 121 Å². The van der Waals surface area contributed by atoms with E-state index in [1.807, 2.05) is 0 Å². The van der Waals surface area contributed by atoms with E-state index in [9.17, 15) is 0 Å². The number of nitrogens with zero attached hydrogens (tertiary/aromatic N) is 4. The number of rotatable bonds is 8. The molecule has 36 heavy (non-hydrogen) atoms. The van der Waals surface area contributed by atoms with Gasteiger partial charge in [-0.15, -0.1) is 0 Å². The molecule has 0 aliphatic rings. The second-order valence-corrected chi connectivity index (χ2v) is 11.4. The fraction of sp³-hybridized carbons (Fsp3) is 0.143. The van der Waals surface area contributed by atoms with E-state index >= 15 is 0 Å². The van der Waals surface area contributed by atoms with E-state index < -0.39 is 7.87 Å². The molecule has 190 valence electrons. The van der Waals surface area contributed by atoms with Crippen molar-refractivity contribution in [2.24, 2.45) is 0 Å². The zero-order valence-electron chi connectivity index (χ0n) is 20.9. The first-order chi connectivity index (χ1) is 17.1. The second kappa shape index (κ2) is 15.2. The lowest BCUT2D eigenvalue weighted by atomic mass is 10.3. The predicted octanol–water partition coefficient (Wildman–Crippen LogP) is 5.99. The van der Waals surface area contributed by atoms with Gasteiger partial charge in [0.05, 0.1) is 22.7 Å². The molecule has 8 heteroatoms. The molecule has 4 rings (SSSR count). The van der Waals surface area contributed by atoms with Crippen molar-refractivity contribution in [3.8, 4) is 0 Å². The Hall–Kier alpha value is -1.30. The van der Waals surface area contributed by atoms with Gasteiger partial charge in [0.2, 0.25) is 0 Å². The largest absolute Gasteiger partial charge is 1.00 e. The van der Waals surface area contributed by atoms with Gasteiger partial charge in [-0.25, -0.2) is 0 Å². The highest BCUT2D eigenvalue weighted by Gasteiger charge is 2.58. The summed E-state index contributed by atoms with van der Waals surface area (Å²) in [5, 5.41) is 0. The molecular weight excluding hydrogens is 804 g/mol. The normalized spacial score (nSPS) is 10.3. The van der Waals surface area contributed by atoms with E-state index in [0.717, 1.165) is 0 Å². The molecule has 0 spiro atoms. The van der Waals surface area contributed by atoms with Crippen LogP contribution in [0.1, 0.15) is 0 Å². The van der Waals surface area contributed by atoms with Crippen molar-refractivity contribution in [1.29, 1.82) is 0 Å². The summed E-state index contributed by atoms with van der Waals surface area (Å²) in [6, 6.07) is 42.6. The summed E-state index contributed by atoms with van der Waals surface area (Å²) < 4.78 is 9.78. The van der Waals surface area contributed by atoms with Crippen molar-refractivity contribution in [3.63, 3.8) is 0 Å². The van der Waals surface area contributed by atoms with Gasteiger partial charge in [0.25, 0.3) is 0 Å². The minimum atomic E-state index is -2.41. The van der Waals surface area contributed by atoms with Crippen molar-refractivity contribution in [2.75, 3.05) is 46.9 Å². The highest BCUT2D eigenvalue weighted by Crippen LogP contribution is 2.71. The summed E-state index contributed by atoms with van der Waals surface area (Å²) in [6.07, 6.45) is 0. The highest BCUT2D eigenvalue weighted by atomic mass is 128. The maximum atomic E-state index is 2.44. The lowest BCUT2D eigenvalue weighted by molar-refractivity contribution is -0.00000669. The maximum absolute atomic E-state index is 2.44. The monoisotopic (exact) mass is 836 g/mol. The topological polar surface area (TPSA) is 13.0 Å². The number of para-hydroxylation sites is 4. The van der Waals surface area contributed by atoms with Gasteiger partial charge in [0.1, 0.15) is 0 Å². The summed E-state index contributed by atoms with van der Waals surface area (Å²) in [5.74, 6) is 0. The Morgan fingerprint density at radius 1 is 0.389 bits per heavy atom. The summed E-state index contributed by atoms with van der Waals surface area (Å²) in [5.41, 5.74) is 4.66. The van der Waals surface area contributed by atoms with Crippen LogP contribution >= 0.6 is 45.1 Å². The van der Waals surface area contributed by atoms with Crippen LogP contribution in [0.25, 0.3) is 0 Å². The minimum Gasteiger partial charge on any atom is -1.00 e. The van der Waals surface area contributed by atoms with Gasteiger partial charge < -0.3 is 24.0 Å². The molecule has 0 amide bonds. The molecule has 4 nitrogen and oxygen atoms in total. The quantitative estimate of drug-likeness (QED) is 0.160. The van der Waals surface area contributed by atoms with Crippen LogP contribution < -0.4 is 42.7 Å². The number of hydrogen-bond donors (Lipinski definition) is 0. The van der Waals surface area contributed by atoms with Crippen LogP contribution in [0, 0.1) is 0 Å². The number of hydrogen-bond acceptors (Lipinski definition) is 4. The van der Waals surface area contributed by atoms with Crippen LogP contribution in [0.3, 0.4) is 0 Å². The number of benzene rings is 4. The number of anilines is 4. The Morgan fingerprint density at radius 2 is 0.556 bits per heavy atom. The lowest BCUT2D eigenvalue weighted by Crippen LogP contribution is -3.00. The first kappa shape index (κ1) is 30.9. The Kier molecular flexibility index (Phi) is 13.1. The van der Waals surface area contributed by atoms with E-state index in [-0.39, 0.29) is 24.0 Å². The Morgan fingerprint density at radius 3 is 0.722 bits per heavy atom. The molecule has 0 heterocycles. The molecule has 0 aliphatic carbocycles. The van der Waals surface area contributed by atoms with Crippen molar-refractivity contribution < 1.29 is 24.0 Å². The van der Waals surface area contributed by atoms with Crippen LogP contribution in [0.2, 0.25) is 0 Å². The van der Waals surface area contributed by atoms with Crippen LogP contribution in [0.15, 0.2) is 121 Å². The molecule has 4 aromatic rings. The molecule has 0 bridgehead atoms. The Bertz CT molecular complexity index is 951. The fourth-order valence-corrected chi connectivity index (χ4v) is 8.59. The van der Waals surface area contributed by atoms with Crippen molar-refractivity contribution in [2.45, 2.75) is 0 Å². The second-order valence-electron chi connectivity index (χ2n) is 7.97. The van der Waals surface area contributed by atoms with E-state index in [4.69, 9.17) is 0 Å². The van der Waals surface area contributed by atoms with Gasteiger partial charge >= 0.3 is 7.87 Å². The maximum Gasteiger partial charge on any atom is 0.404 e. The summed E-state index contributed by atoms with van der Waals surface area (Å²) >= 11 is 4.24. The zero-order chi connectivity index (χ0) is 25.3. The lowest BCUT2D eigenvalue weighted by Gasteiger charge is -2.49. The third-order valence-corrected chi connectivity index (χ3v) is 10.3. The number of halogens is 3. The van der Waals surface area contributed by atoms with Gasteiger partial charge in [-0.3, -0.25) is 0 Å². The van der Waals surface area contributed by atoms with Crippen molar-refractivity contribution >= 4 is 67.8 Å². The molecule has 0 saturated carbocycles. The van der Waals surface area contributed by atoms with Gasteiger partial charge in [0, 0.05) is 65.4 Å². The molecule has 0 N–H and O–H groups in total.